The van der Waals surface area contributed by atoms with Gasteiger partial charge < -0.3 is 14.2 Å². The van der Waals surface area contributed by atoms with E-state index >= 15 is 0 Å². The maximum atomic E-state index is 5.74. The maximum Gasteiger partial charge on any atom is 0.189 e. The highest BCUT2D eigenvalue weighted by Crippen LogP contribution is 2.23. The molecule has 1 heterocycles. The molecule has 0 saturated heterocycles. The van der Waals surface area contributed by atoms with Crippen LogP contribution in [0.1, 0.15) is 0 Å². The summed E-state index contributed by atoms with van der Waals surface area (Å²) in [7, 11) is 1.60. The van der Waals surface area contributed by atoms with Crippen LogP contribution in [0.3, 0.4) is 0 Å². The number of hydrogen-bond acceptors (Lipinski definition) is 4. The quantitative estimate of drug-likeness (QED) is 0.442. The molecule has 0 saturated carbocycles. The van der Waals surface area contributed by atoms with E-state index in [0.717, 1.165) is 0 Å². The zero-order valence-corrected chi connectivity index (χ0v) is 9.72. The summed E-state index contributed by atoms with van der Waals surface area (Å²) < 4.78 is 15.1. The van der Waals surface area contributed by atoms with Crippen molar-refractivity contribution >= 4 is 23.2 Å². The van der Waals surface area contributed by atoms with Crippen LogP contribution in [0, 0.1) is 0 Å². The maximum absolute atomic E-state index is 5.74. The normalized spacial score (nSPS) is 10.3. The third-order valence-electron chi connectivity index (χ3n) is 1.51. The van der Waals surface area contributed by atoms with Gasteiger partial charge in [-0.2, -0.15) is 0 Å². The second-order valence-electron chi connectivity index (χ2n) is 2.61. The van der Waals surface area contributed by atoms with E-state index in [1.165, 1.54) is 6.20 Å². The van der Waals surface area contributed by atoms with Crippen LogP contribution in [0.5, 0.6) is 5.75 Å². The molecule has 6 heteroatoms. The highest BCUT2D eigenvalue weighted by molar-refractivity contribution is 6.41. The molecule has 0 spiro atoms. The number of pyridine rings is 1. The highest BCUT2D eigenvalue weighted by atomic mass is 35.5. The second kappa shape index (κ2) is 6.85. The molecule has 0 amide bonds. The molecule has 0 N–H and O–H groups in total. The van der Waals surface area contributed by atoms with E-state index in [9.17, 15) is 0 Å². The van der Waals surface area contributed by atoms with Gasteiger partial charge in [-0.15, -0.1) is 0 Å². The summed E-state index contributed by atoms with van der Waals surface area (Å²) in [5, 5.41) is 0.607. The molecule has 0 unspecified atom stereocenters. The Hall–Kier alpha value is -0.550. The van der Waals surface area contributed by atoms with Crippen LogP contribution in [-0.4, -0.2) is 32.1 Å². The molecule has 1 aromatic heterocycles. The van der Waals surface area contributed by atoms with Gasteiger partial charge in [-0.3, -0.25) is 0 Å². The average Bonchev–Trinajstić information content (AvgIpc) is 2.23. The first-order valence-electron chi connectivity index (χ1n) is 4.24. The molecule has 1 rings (SSSR count). The lowest BCUT2D eigenvalue weighted by Gasteiger charge is -2.06. The van der Waals surface area contributed by atoms with E-state index in [4.69, 9.17) is 37.4 Å². The number of methoxy groups -OCH3 is 1. The van der Waals surface area contributed by atoms with Gasteiger partial charge in [0.25, 0.3) is 0 Å². The lowest BCUT2D eigenvalue weighted by molar-refractivity contribution is -0.00861. The predicted molar refractivity (Wildman–Crippen MR) is 57.6 cm³/mol. The van der Waals surface area contributed by atoms with E-state index in [0.29, 0.717) is 24.0 Å². The second-order valence-corrected chi connectivity index (χ2v) is 3.37. The molecule has 0 aliphatic heterocycles. The number of ether oxygens (including phenoxy) is 3. The van der Waals surface area contributed by atoms with Gasteiger partial charge in [0.15, 0.2) is 6.79 Å². The number of aromatic nitrogens is 1. The zero-order valence-electron chi connectivity index (χ0n) is 8.20. The van der Waals surface area contributed by atoms with Crippen LogP contribution >= 0.6 is 23.2 Å². The van der Waals surface area contributed by atoms with Crippen LogP contribution < -0.4 is 4.74 Å². The Bertz CT molecular complexity index is 309. The van der Waals surface area contributed by atoms with Gasteiger partial charge in [0.1, 0.15) is 10.9 Å². The predicted octanol–water partition coefficient (Wildman–Crippen LogP) is 2.39. The van der Waals surface area contributed by atoms with Crippen molar-refractivity contribution < 1.29 is 14.2 Å². The van der Waals surface area contributed by atoms with E-state index < -0.39 is 0 Å². The Labute approximate surface area is 98.1 Å². The summed E-state index contributed by atoms with van der Waals surface area (Å²) in [6.07, 6.45) is 1.48. The SMILES string of the molecule is COCCOCOc1cnc(Cl)c(Cl)c1. The fraction of sp³-hybridized carbons (Fsp3) is 0.444. The van der Waals surface area contributed by atoms with Crippen molar-refractivity contribution in [3.63, 3.8) is 0 Å². The van der Waals surface area contributed by atoms with Gasteiger partial charge >= 0.3 is 0 Å². The molecule has 0 aromatic carbocycles. The minimum atomic E-state index is 0.128. The van der Waals surface area contributed by atoms with E-state index in [1.54, 1.807) is 13.2 Å². The molecule has 0 radical (unpaired) electrons. The van der Waals surface area contributed by atoms with E-state index in [1.807, 2.05) is 0 Å². The smallest absolute Gasteiger partial charge is 0.189 e. The van der Waals surface area contributed by atoms with Crippen LogP contribution in [-0.2, 0) is 9.47 Å². The third kappa shape index (κ3) is 4.66. The van der Waals surface area contributed by atoms with Gasteiger partial charge in [0.05, 0.1) is 24.4 Å². The van der Waals surface area contributed by atoms with Crippen molar-refractivity contribution in [2.24, 2.45) is 0 Å². The fourth-order valence-electron chi connectivity index (χ4n) is 0.794. The Morgan fingerprint density at radius 3 is 2.80 bits per heavy atom. The highest BCUT2D eigenvalue weighted by Gasteiger charge is 2.01. The lowest BCUT2D eigenvalue weighted by Crippen LogP contribution is -2.07. The third-order valence-corrected chi connectivity index (χ3v) is 2.20. The van der Waals surface area contributed by atoms with Crippen LogP contribution in [0.25, 0.3) is 0 Å². The number of nitrogens with zero attached hydrogens (tertiary/aromatic N) is 1. The molecule has 1 aromatic rings. The first-order valence-corrected chi connectivity index (χ1v) is 5.00. The van der Waals surface area contributed by atoms with Crippen molar-refractivity contribution in [1.82, 2.24) is 4.98 Å². The van der Waals surface area contributed by atoms with Crippen LogP contribution in [0.2, 0.25) is 10.2 Å². The zero-order chi connectivity index (χ0) is 11.1. The van der Waals surface area contributed by atoms with Crippen molar-refractivity contribution in [3.05, 3.63) is 22.4 Å². The Kier molecular flexibility index (Phi) is 5.71. The van der Waals surface area contributed by atoms with Crippen molar-refractivity contribution in [2.75, 3.05) is 27.1 Å². The Morgan fingerprint density at radius 2 is 2.13 bits per heavy atom. The molecule has 4 nitrogen and oxygen atoms in total. The molecule has 0 aliphatic rings. The molecular weight excluding hydrogens is 241 g/mol. The number of halogens is 2. The molecule has 0 fully saturated rings. The van der Waals surface area contributed by atoms with Gasteiger partial charge in [-0.05, 0) is 0 Å². The van der Waals surface area contributed by atoms with Gasteiger partial charge in [0, 0.05) is 13.2 Å². The first kappa shape index (κ1) is 12.5. The largest absolute Gasteiger partial charge is 0.466 e. The number of hydrogen-bond donors (Lipinski definition) is 0. The molecule has 0 aliphatic carbocycles. The fourth-order valence-corrected chi connectivity index (χ4v) is 1.05. The molecule has 84 valence electrons. The first-order chi connectivity index (χ1) is 7.24. The molecule has 15 heavy (non-hydrogen) atoms. The summed E-state index contributed by atoms with van der Waals surface area (Å²) >= 11 is 11.4. The molecular formula is C9H11Cl2NO3. The summed E-state index contributed by atoms with van der Waals surface area (Å²) in [5.74, 6) is 0.516. The standard InChI is InChI=1S/C9H11Cl2NO3/c1-13-2-3-14-6-15-7-4-8(10)9(11)12-5-7/h4-5H,2-3,6H2,1H3. The number of rotatable bonds is 6. The van der Waals surface area contributed by atoms with Gasteiger partial charge in [-0.1, -0.05) is 23.2 Å². The van der Waals surface area contributed by atoms with Crippen molar-refractivity contribution in [2.45, 2.75) is 0 Å². The average molecular weight is 252 g/mol. The molecule has 0 bridgehead atoms. The van der Waals surface area contributed by atoms with Crippen molar-refractivity contribution in [3.8, 4) is 5.75 Å². The van der Waals surface area contributed by atoms with E-state index in [2.05, 4.69) is 4.98 Å². The topological polar surface area (TPSA) is 40.6 Å². The van der Waals surface area contributed by atoms with Crippen molar-refractivity contribution in [1.29, 1.82) is 0 Å². The minimum absolute atomic E-state index is 0.128. The Morgan fingerprint density at radius 1 is 1.33 bits per heavy atom. The van der Waals surface area contributed by atoms with Crippen LogP contribution in [0.4, 0.5) is 0 Å². The lowest BCUT2D eigenvalue weighted by atomic mass is 10.5. The summed E-state index contributed by atoms with van der Waals surface area (Å²) in [6, 6.07) is 1.58. The summed E-state index contributed by atoms with van der Waals surface area (Å²) in [4.78, 5) is 3.82. The van der Waals surface area contributed by atoms with E-state index in [-0.39, 0.29) is 11.9 Å². The van der Waals surface area contributed by atoms with Crippen LogP contribution in [0.15, 0.2) is 12.3 Å². The minimum Gasteiger partial charge on any atom is -0.466 e. The monoisotopic (exact) mass is 251 g/mol. The summed E-state index contributed by atoms with van der Waals surface area (Å²) in [6.45, 7) is 1.14. The molecule has 0 atom stereocenters. The van der Waals surface area contributed by atoms with Gasteiger partial charge in [0.2, 0.25) is 0 Å². The summed E-state index contributed by atoms with van der Waals surface area (Å²) in [5.41, 5.74) is 0. The Balaban J connectivity index is 2.28. The van der Waals surface area contributed by atoms with Gasteiger partial charge in [-0.25, -0.2) is 4.98 Å².